The predicted octanol–water partition coefficient (Wildman–Crippen LogP) is 1.96. The predicted molar refractivity (Wildman–Crippen MR) is 73.3 cm³/mol. The van der Waals surface area contributed by atoms with Crippen molar-refractivity contribution in [1.29, 1.82) is 0 Å². The lowest BCUT2D eigenvalue weighted by molar-refractivity contribution is -0.173. The normalized spacial score (nSPS) is 12.5. The molecule has 0 atom stereocenters. The lowest BCUT2D eigenvalue weighted by Crippen LogP contribution is -2.39. The second-order valence-electron chi connectivity index (χ2n) is 4.28. The second-order valence-corrected chi connectivity index (χ2v) is 4.28. The molecule has 1 rings (SSSR count). The minimum atomic E-state index is -4.27. The van der Waals surface area contributed by atoms with Crippen LogP contribution in [-0.2, 0) is 11.2 Å². The van der Waals surface area contributed by atoms with Crippen molar-refractivity contribution < 1.29 is 22.3 Å². The zero-order valence-corrected chi connectivity index (χ0v) is 11.9. The highest BCUT2D eigenvalue weighted by Crippen LogP contribution is 2.14. The molecular formula is C13H20F3N3O2. The summed E-state index contributed by atoms with van der Waals surface area (Å²) in [5.41, 5.74) is 0. The molecule has 21 heavy (non-hydrogen) atoms. The van der Waals surface area contributed by atoms with E-state index in [-0.39, 0.29) is 6.61 Å². The number of hydrogen-bond donors (Lipinski definition) is 2. The van der Waals surface area contributed by atoms with E-state index in [1.807, 2.05) is 12.1 Å². The summed E-state index contributed by atoms with van der Waals surface area (Å²) in [5.74, 6) is 1.47. The number of nitrogens with one attached hydrogen (secondary N) is 2. The summed E-state index contributed by atoms with van der Waals surface area (Å²) in [6.45, 7) is -0.0188. The SMILES string of the molecule is CN=C(NCCCOCC(F)(F)F)NCCc1ccco1. The monoisotopic (exact) mass is 307 g/mol. The van der Waals surface area contributed by atoms with Gasteiger partial charge in [-0.3, -0.25) is 4.99 Å². The third kappa shape index (κ3) is 8.96. The number of nitrogens with zero attached hydrogens (tertiary/aromatic N) is 1. The van der Waals surface area contributed by atoms with Gasteiger partial charge in [-0.25, -0.2) is 0 Å². The third-order valence-electron chi connectivity index (χ3n) is 2.49. The molecule has 0 aliphatic carbocycles. The van der Waals surface area contributed by atoms with Crippen LogP contribution in [0.4, 0.5) is 13.2 Å². The quantitative estimate of drug-likeness (QED) is 0.438. The molecule has 5 nitrogen and oxygen atoms in total. The van der Waals surface area contributed by atoms with E-state index in [2.05, 4.69) is 20.4 Å². The molecule has 1 aromatic rings. The number of guanidine groups is 1. The van der Waals surface area contributed by atoms with Gasteiger partial charge in [0, 0.05) is 33.2 Å². The number of alkyl halides is 3. The lowest BCUT2D eigenvalue weighted by Gasteiger charge is -2.12. The fourth-order valence-electron chi connectivity index (χ4n) is 1.55. The van der Waals surface area contributed by atoms with E-state index in [1.54, 1.807) is 13.3 Å². The van der Waals surface area contributed by atoms with Crippen molar-refractivity contribution in [3.63, 3.8) is 0 Å². The van der Waals surface area contributed by atoms with Gasteiger partial charge < -0.3 is 19.8 Å². The molecule has 0 radical (unpaired) electrons. The summed E-state index contributed by atoms with van der Waals surface area (Å²) in [6, 6.07) is 3.71. The van der Waals surface area contributed by atoms with Gasteiger partial charge in [0.15, 0.2) is 5.96 Å². The Morgan fingerprint density at radius 2 is 2.10 bits per heavy atom. The van der Waals surface area contributed by atoms with Crippen LogP contribution in [0.5, 0.6) is 0 Å². The van der Waals surface area contributed by atoms with Crippen LogP contribution in [0.15, 0.2) is 27.8 Å². The Labute approximate surface area is 121 Å². The molecule has 0 saturated heterocycles. The standard InChI is InChI=1S/C13H20F3N3O2/c1-17-12(19-7-5-11-4-2-9-21-11)18-6-3-8-20-10-13(14,15)16/h2,4,9H,3,5-8,10H2,1H3,(H2,17,18,19). The summed E-state index contributed by atoms with van der Waals surface area (Å²) in [5, 5.41) is 6.08. The number of aliphatic imine (C=N–C) groups is 1. The van der Waals surface area contributed by atoms with Crippen LogP contribution < -0.4 is 10.6 Å². The first-order valence-corrected chi connectivity index (χ1v) is 6.62. The highest BCUT2D eigenvalue weighted by atomic mass is 19.4. The van der Waals surface area contributed by atoms with Gasteiger partial charge >= 0.3 is 6.18 Å². The number of furan rings is 1. The van der Waals surface area contributed by atoms with E-state index in [0.29, 0.717) is 25.5 Å². The molecule has 0 fully saturated rings. The summed E-state index contributed by atoms with van der Waals surface area (Å²) in [4.78, 5) is 4.01. The molecule has 0 bridgehead atoms. The van der Waals surface area contributed by atoms with Crippen molar-refractivity contribution in [2.75, 3.05) is 33.4 Å². The zero-order chi connectivity index (χ0) is 15.6. The van der Waals surface area contributed by atoms with Crippen molar-refractivity contribution in [3.05, 3.63) is 24.2 Å². The molecule has 0 aliphatic rings. The molecule has 0 unspecified atom stereocenters. The van der Waals surface area contributed by atoms with Crippen molar-refractivity contribution in [2.24, 2.45) is 4.99 Å². The maximum atomic E-state index is 11.8. The third-order valence-corrected chi connectivity index (χ3v) is 2.49. The molecule has 8 heteroatoms. The van der Waals surface area contributed by atoms with Gasteiger partial charge in [0.25, 0.3) is 0 Å². The van der Waals surface area contributed by atoms with E-state index in [1.165, 1.54) is 0 Å². The number of rotatable bonds is 8. The number of ether oxygens (including phenoxy) is 1. The fraction of sp³-hybridized carbons (Fsp3) is 0.615. The van der Waals surface area contributed by atoms with Crippen LogP contribution in [0, 0.1) is 0 Å². The molecule has 1 heterocycles. The minimum Gasteiger partial charge on any atom is -0.469 e. The van der Waals surface area contributed by atoms with E-state index >= 15 is 0 Å². The van der Waals surface area contributed by atoms with Crippen molar-refractivity contribution in [2.45, 2.75) is 19.0 Å². The Morgan fingerprint density at radius 1 is 1.33 bits per heavy atom. The largest absolute Gasteiger partial charge is 0.469 e. The lowest BCUT2D eigenvalue weighted by atomic mass is 10.3. The highest BCUT2D eigenvalue weighted by molar-refractivity contribution is 5.79. The Balaban J connectivity index is 2.03. The first kappa shape index (κ1) is 17.4. The highest BCUT2D eigenvalue weighted by Gasteiger charge is 2.27. The van der Waals surface area contributed by atoms with Crippen LogP contribution in [0.2, 0.25) is 0 Å². The van der Waals surface area contributed by atoms with Crippen LogP contribution in [0.3, 0.4) is 0 Å². The smallest absolute Gasteiger partial charge is 0.411 e. The van der Waals surface area contributed by atoms with Crippen LogP contribution in [0.1, 0.15) is 12.2 Å². The molecule has 0 spiro atoms. The van der Waals surface area contributed by atoms with Crippen LogP contribution >= 0.6 is 0 Å². The maximum Gasteiger partial charge on any atom is 0.411 e. The van der Waals surface area contributed by atoms with Crippen LogP contribution in [-0.4, -0.2) is 45.5 Å². The summed E-state index contributed by atoms with van der Waals surface area (Å²) < 4.78 is 45.2. The zero-order valence-electron chi connectivity index (χ0n) is 11.9. The average Bonchev–Trinajstić information content (AvgIpc) is 2.92. The van der Waals surface area contributed by atoms with Gasteiger partial charge in [0.2, 0.25) is 0 Å². The van der Waals surface area contributed by atoms with Crippen molar-refractivity contribution >= 4 is 5.96 Å². The molecule has 0 aromatic carbocycles. The second kappa shape index (κ2) is 9.28. The molecule has 120 valence electrons. The first-order chi connectivity index (χ1) is 10.0. The Bertz CT molecular complexity index is 405. The molecule has 1 aromatic heterocycles. The van der Waals surface area contributed by atoms with Gasteiger partial charge in [-0.2, -0.15) is 13.2 Å². The molecule has 0 amide bonds. The fourth-order valence-corrected chi connectivity index (χ4v) is 1.55. The summed E-state index contributed by atoms with van der Waals surface area (Å²) >= 11 is 0. The first-order valence-electron chi connectivity index (χ1n) is 6.62. The molecular weight excluding hydrogens is 287 g/mol. The van der Waals surface area contributed by atoms with E-state index in [4.69, 9.17) is 4.42 Å². The van der Waals surface area contributed by atoms with Gasteiger partial charge in [-0.15, -0.1) is 0 Å². The van der Waals surface area contributed by atoms with E-state index < -0.39 is 12.8 Å². The van der Waals surface area contributed by atoms with Gasteiger partial charge in [0.05, 0.1) is 6.26 Å². The molecule has 2 N–H and O–H groups in total. The van der Waals surface area contributed by atoms with Gasteiger partial charge in [-0.05, 0) is 18.6 Å². The Kier molecular flexibility index (Phi) is 7.66. The van der Waals surface area contributed by atoms with Gasteiger partial charge in [-0.1, -0.05) is 0 Å². The number of hydrogen-bond acceptors (Lipinski definition) is 3. The Hall–Kier alpha value is -1.70. The van der Waals surface area contributed by atoms with Gasteiger partial charge in [0.1, 0.15) is 12.4 Å². The topological polar surface area (TPSA) is 58.8 Å². The van der Waals surface area contributed by atoms with E-state index in [0.717, 1.165) is 12.2 Å². The average molecular weight is 307 g/mol. The Morgan fingerprint density at radius 3 is 2.71 bits per heavy atom. The minimum absolute atomic E-state index is 0.0515. The van der Waals surface area contributed by atoms with E-state index in [9.17, 15) is 13.2 Å². The maximum absolute atomic E-state index is 11.8. The molecule has 0 saturated carbocycles. The molecule has 0 aliphatic heterocycles. The number of halogens is 3. The van der Waals surface area contributed by atoms with Crippen molar-refractivity contribution in [1.82, 2.24) is 10.6 Å². The summed E-state index contributed by atoms with van der Waals surface area (Å²) in [7, 11) is 1.63. The summed E-state index contributed by atoms with van der Waals surface area (Å²) in [6.07, 6.45) is -1.46. The van der Waals surface area contributed by atoms with Crippen LogP contribution in [0.25, 0.3) is 0 Å². The van der Waals surface area contributed by atoms with Crippen molar-refractivity contribution in [3.8, 4) is 0 Å².